The Bertz CT molecular complexity index is 705. The van der Waals surface area contributed by atoms with Crippen LogP contribution in [0.15, 0.2) is 33.7 Å². The lowest BCUT2D eigenvalue weighted by Crippen LogP contribution is -2.35. The van der Waals surface area contributed by atoms with Crippen LogP contribution in [0, 0.1) is 13.8 Å². The fourth-order valence-corrected chi connectivity index (χ4v) is 4.34. The molecule has 3 rings (SSSR count). The summed E-state index contributed by atoms with van der Waals surface area (Å²) in [6.45, 7) is 3.24. The van der Waals surface area contributed by atoms with Crippen LogP contribution in [0.4, 0.5) is 0 Å². The Morgan fingerprint density at radius 2 is 1.80 bits per heavy atom. The summed E-state index contributed by atoms with van der Waals surface area (Å²) in [6, 6.07) is 7.93. The van der Waals surface area contributed by atoms with E-state index in [1.54, 1.807) is 13.8 Å². The fourth-order valence-electron chi connectivity index (χ4n) is 2.78. The van der Waals surface area contributed by atoms with Crippen LogP contribution in [-0.2, 0) is 22.9 Å². The van der Waals surface area contributed by atoms with E-state index in [2.05, 4.69) is 9.88 Å². The number of sulfonamides is 1. The zero-order chi connectivity index (χ0) is 14.3. The van der Waals surface area contributed by atoms with Gasteiger partial charge in [-0.15, -0.1) is 0 Å². The molecule has 0 spiro atoms. The van der Waals surface area contributed by atoms with Gasteiger partial charge in [-0.25, -0.2) is 13.1 Å². The van der Waals surface area contributed by atoms with E-state index in [4.69, 9.17) is 4.52 Å². The van der Waals surface area contributed by atoms with E-state index in [1.165, 1.54) is 11.1 Å². The number of aromatic nitrogens is 1. The molecule has 106 valence electrons. The lowest BCUT2D eigenvalue weighted by molar-refractivity contribution is 0.390. The number of benzene rings is 1. The van der Waals surface area contributed by atoms with Crippen LogP contribution in [-0.4, -0.2) is 19.6 Å². The highest BCUT2D eigenvalue weighted by atomic mass is 32.2. The maximum Gasteiger partial charge on any atom is 0.246 e. The molecule has 0 atom stereocenters. The standard InChI is InChI=1S/C14H16N2O3S/c1-9-14(10(2)19-15-9)20(17,18)16-13-7-11-5-3-4-6-12(11)8-13/h3-6,13,16H,7-8H2,1-2H3. The minimum absolute atomic E-state index is 0.105. The maximum absolute atomic E-state index is 12.4. The highest BCUT2D eigenvalue weighted by molar-refractivity contribution is 7.89. The zero-order valence-corrected chi connectivity index (χ0v) is 12.2. The molecule has 0 fully saturated rings. The van der Waals surface area contributed by atoms with Crippen molar-refractivity contribution in [2.24, 2.45) is 0 Å². The molecule has 0 bridgehead atoms. The van der Waals surface area contributed by atoms with Crippen molar-refractivity contribution in [3.63, 3.8) is 0 Å². The first-order valence-electron chi connectivity index (χ1n) is 6.49. The molecule has 1 heterocycles. The average molecular weight is 292 g/mol. The molecule has 0 unspecified atom stereocenters. The summed E-state index contributed by atoms with van der Waals surface area (Å²) in [5.74, 6) is 0.325. The molecule has 20 heavy (non-hydrogen) atoms. The van der Waals surface area contributed by atoms with Gasteiger partial charge in [0.1, 0.15) is 10.6 Å². The van der Waals surface area contributed by atoms with Crippen molar-refractivity contribution in [3.05, 3.63) is 46.8 Å². The van der Waals surface area contributed by atoms with Crippen molar-refractivity contribution >= 4 is 10.0 Å². The predicted octanol–water partition coefficient (Wildman–Crippen LogP) is 1.74. The van der Waals surface area contributed by atoms with Gasteiger partial charge in [-0.3, -0.25) is 0 Å². The summed E-state index contributed by atoms with van der Waals surface area (Å²) in [4.78, 5) is 0.161. The minimum Gasteiger partial charge on any atom is -0.360 e. The first-order chi connectivity index (χ1) is 9.47. The third-order valence-electron chi connectivity index (χ3n) is 3.61. The fraction of sp³-hybridized carbons (Fsp3) is 0.357. The smallest absolute Gasteiger partial charge is 0.246 e. The van der Waals surface area contributed by atoms with E-state index < -0.39 is 10.0 Å². The van der Waals surface area contributed by atoms with Gasteiger partial charge in [0.2, 0.25) is 10.0 Å². The van der Waals surface area contributed by atoms with E-state index in [1.807, 2.05) is 24.3 Å². The van der Waals surface area contributed by atoms with E-state index in [9.17, 15) is 8.42 Å². The van der Waals surface area contributed by atoms with Crippen LogP contribution in [0.1, 0.15) is 22.6 Å². The summed E-state index contributed by atoms with van der Waals surface area (Å²) >= 11 is 0. The van der Waals surface area contributed by atoms with E-state index in [0.717, 1.165) is 12.8 Å². The number of hydrogen-bond donors (Lipinski definition) is 1. The Morgan fingerprint density at radius 1 is 1.20 bits per heavy atom. The minimum atomic E-state index is -3.59. The van der Waals surface area contributed by atoms with Gasteiger partial charge in [0, 0.05) is 6.04 Å². The summed E-state index contributed by atoms with van der Waals surface area (Å²) < 4.78 is 32.6. The molecule has 0 saturated heterocycles. The van der Waals surface area contributed by atoms with Gasteiger partial charge >= 0.3 is 0 Å². The van der Waals surface area contributed by atoms with Gasteiger partial charge in [-0.1, -0.05) is 29.4 Å². The Morgan fingerprint density at radius 3 is 2.30 bits per heavy atom. The van der Waals surface area contributed by atoms with Crippen LogP contribution < -0.4 is 4.72 Å². The Hall–Kier alpha value is -1.66. The molecule has 0 radical (unpaired) electrons. The third-order valence-corrected chi connectivity index (χ3v) is 5.37. The van der Waals surface area contributed by atoms with Crippen LogP contribution in [0.2, 0.25) is 0 Å². The van der Waals surface area contributed by atoms with Crippen LogP contribution in [0.3, 0.4) is 0 Å². The van der Waals surface area contributed by atoms with Crippen molar-refractivity contribution in [3.8, 4) is 0 Å². The highest BCUT2D eigenvalue weighted by Gasteiger charge is 2.30. The zero-order valence-electron chi connectivity index (χ0n) is 11.4. The molecule has 1 aromatic carbocycles. The molecule has 0 saturated carbocycles. The number of hydrogen-bond acceptors (Lipinski definition) is 4. The number of rotatable bonds is 3. The largest absolute Gasteiger partial charge is 0.360 e. The molecule has 6 heteroatoms. The topological polar surface area (TPSA) is 72.2 Å². The SMILES string of the molecule is Cc1noc(C)c1S(=O)(=O)NC1Cc2ccccc2C1. The molecule has 0 amide bonds. The van der Waals surface area contributed by atoms with Gasteiger partial charge in [-0.2, -0.15) is 0 Å². The molecule has 1 aromatic heterocycles. The molecular formula is C14H16N2O3S. The Labute approximate surface area is 118 Å². The predicted molar refractivity (Wildman–Crippen MR) is 73.9 cm³/mol. The summed E-state index contributed by atoms with van der Waals surface area (Å²) in [7, 11) is -3.59. The number of nitrogens with zero attached hydrogens (tertiary/aromatic N) is 1. The van der Waals surface area contributed by atoms with Gasteiger partial charge in [0.15, 0.2) is 5.76 Å². The normalized spacial score (nSPS) is 15.5. The van der Waals surface area contributed by atoms with E-state index in [-0.39, 0.29) is 10.9 Å². The van der Waals surface area contributed by atoms with Gasteiger partial charge in [0.05, 0.1) is 0 Å². The quantitative estimate of drug-likeness (QED) is 0.935. The number of aryl methyl sites for hydroxylation is 2. The Balaban J connectivity index is 1.83. The Kier molecular flexibility index (Phi) is 3.14. The first kappa shape index (κ1) is 13.3. The molecule has 2 aromatic rings. The van der Waals surface area contributed by atoms with Gasteiger partial charge < -0.3 is 4.52 Å². The lowest BCUT2D eigenvalue weighted by atomic mass is 10.1. The van der Waals surface area contributed by atoms with Crippen molar-refractivity contribution in [1.82, 2.24) is 9.88 Å². The molecule has 0 aliphatic heterocycles. The van der Waals surface area contributed by atoms with Gasteiger partial charge in [-0.05, 0) is 37.8 Å². The maximum atomic E-state index is 12.4. The summed E-state index contributed by atoms with van der Waals surface area (Å²) in [5, 5.41) is 3.70. The second kappa shape index (κ2) is 4.71. The van der Waals surface area contributed by atoms with E-state index in [0.29, 0.717) is 11.5 Å². The molecule has 1 aliphatic rings. The second-order valence-corrected chi connectivity index (χ2v) is 6.80. The van der Waals surface area contributed by atoms with Crippen molar-refractivity contribution < 1.29 is 12.9 Å². The lowest BCUT2D eigenvalue weighted by Gasteiger charge is -2.12. The number of nitrogens with one attached hydrogen (secondary N) is 1. The molecule has 1 aliphatic carbocycles. The van der Waals surface area contributed by atoms with Crippen LogP contribution >= 0.6 is 0 Å². The average Bonchev–Trinajstić information content (AvgIpc) is 2.91. The summed E-state index contributed by atoms with van der Waals surface area (Å²) in [5.41, 5.74) is 2.81. The van der Waals surface area contributed by atoms with Crippen molar-refractivity contribution in [1.29, 1.82) is 0 Å². The second-order valence-electron chi connectivity index (χ2n) is 5.15. The van der Waals surface area contributed by atoms with Crippen LogP contribution in [0.25, 0.3) is 0 Å². The molecular weight excluding hydrogens is 276 g/mol. The first-order valence-corrected chi connectivity index (χ1v) is 7.97. The monoisotopic (exact) mass is 292 g/mol. The highest BCUT2D eigenvalue weighted by Crippen LogP contribution is 2.24. The van der Waals surface area contributed by atoms with Gasteiger partial charge in [0.25, 0.3) is 0 Å². The van der Waals surface area contributed by atoms with Crippen molar-refractivity contribution in [2.75, 3.05) is 0 Å². The summed E-state index contributed by atoms with van der Waals surface area (Å²) in [6.07, 6.45) is 1.44. The number of fused-ring (bicyclic) bond motifs is 1. The van der Waals surface area contributed by atoms with Crippen LogP contribution in [0.5, 0.6) is 0 Å². The van der Waals surface area contributed by atoms with Crippen molar-refractivity contribution in [2.45, 2.75) is 37.6 Å². The molecule has 5 nitrogen and oxygen atoms in total. The van der Waals surface area contributed by atoms with E-state index >= 15 is 0 Å². The molecule has 1 N–H and O–H groups in total. The third kappa shape index (κ3) is 2.25.